The molecule has 1 atom stereocenters. The molecule has 1 fully saturated rings. The van der Waals surface area contributed by atoms with Crippen LogP contribution in [-0.2, 0) is 0 Å². The highest BCUT2D eigenvalue weighted by molar-refractivity contribution is 5.57. The highest BCUT2D eigenvalue weighted by atomic mass is 16.3. The Morgan fingerprint density at radius 1 is 1.14 bits per heavy atom. The largest absolute Gasteiger partial charge is 0.359 e. The smallest absolute Gasteiger partial charge is 0.203 e. The molecule has 2 aromatic rings. The summed E-state index contributed by atoms with van der Waals surface area (Å²) < 4.78 is 1.75. The van der Waals surface area contributed by atoms with E-state index in [1.54, 1.807) is 10.9 Å². The Morgan fingerprint density at radius 3 is 2.57 bits per heavy atom. The van der Waals surface area contributed by atoms with Crippen molar-refractivity contribution >= 4 is 0 Å². The van der Waals surface area contributed by atoms with Gasteiger partial charge in [0.25, 0.3) is 0 Å². The first-order valence-electron chi connectivity index (χ1n) is 7.50. The third kappa shape index (κ3) is 3.15. The van der Waals surface area contributed by atoms with Crippen molar-refractivity contribution < 1.29 is 5.11 Å². The van der Waals surface area contributed by atoms with Gasteiger partial charge in [-0.3, -0.25) is 4.57 Å². The predicted molar refractivity (Wildman–Crippen MR) is 82.1 cm³/mol. The number of aromatic nitrogens is 2. The maximum atomic E-state index is 10.5. The van der Waals surface area contributed by atoms with Crippen LogP contribution < -0.4 is 0 Å². The molecule has 0 bridgehead atoms. The van der Waals surface area contributed by atoms with E-state index in [0.717, 1.165) is 24.3 Å². The normalized spacial score (nSPS) is 18.0. The molecule has 0 aliphatic carbocycles. The summed E-state index contributed by atoms with van der Waals surface area (Å²) in [5.74, 6) is 0. The minimum absolute atomic E-state index is 0.715. The van der Waals surface area contributed by atoms with Crippen molar-refractivity contribution in [1.29, 1.82) is 0 Å². The average Bonchev–Trinajstić information content (AvgIpc) is 3.05. The summed E-state index contributed by atoms with van der Waals surface area (Å²) in [6.07, 6.45) is 6.53. The topological polar surface area (TPSA) is 44.5 Å². The van der Waals surface area contributed by atoms with Gasteiger partial charge in [0.15, 0.2) is 0 Å². The molecular formula is C16H22N4O. The number of nitrogens with zero attached hydrogens (tertiary/aromatic N) is 4. The summed E-state index contributed by atoms with van der Waals surface area (Å²) in [4.78, 5) is 4.39. The summed E-state index contributed by atoms with van der Waals surface area (Å²) in [5.41, 5.74) is 1.94. The van der Waals surface area contributed by atoms with Gasteiger partial charge in [-0.15, -0.1) is 0 Å². The third-order valence-corrected chi connectivity index (χ3v) is 4.05. The van der Waals surface area contributed by atoms with Crippen molar-refractivity contribution in [2.45, 2.75) is 25.6 Å². The van der Waals surface area contributed by atoms with Gasteiger partial charge in [0.05, 0.1) is 12.0 Å². The molecule has 3 rings (SSSR count). The molecule has 112 valence electrons. The molecule has 1 aromatic heterocycles. The Balaban J connectivity index is 1.73. The highest BCUT2D eigenvalue weighted by Gasteiger charge is 2.22. The van der Waals surface area contributed by atoms with E-state index in [-0.39, 0.29) is 0 Å². The zero-order valence-corrected chi connectivity index (χ0v) is 12.4. The molecule has 21 heavy (non-hydrogen) atoms. The molecular weight excluding hydrogens is 264 g/mol. The van der Waals surface area contributed by atoms with Crippen LogP contribution in [0, 0.1) is 0 Å². The second kappa shape index (κ2) is 6.39. The molecule has 1 N–H and O–H groups in total. The van der Waals surface area contributed by atoms with Crippen molar-refractivity contribution in [1.82, 2.24) is 19.6 Å². The zero-order valence-electron chi connectivity index (χ0n) is 12.4. The van der Waals surface area contributed by atoms with Crippen molar-refractivity contribution in [3.05, 3.63) is 42.9 Å². The van der Waals surface area contributed by atoms with Crippen LogP contribution in [0.3, 0.4) is 0 Å². The molecule has 5 heteroatoms. The van der Waals surface area contributed by atoms with Crippen LogP contribution in [-0.4, -0.2) is 44.8 Å². The second-order valence-electron chi connectivity index (χ2n) is 5.51. The van der Waals surface area contributed by atoms with E-state index in [9.17, 15) is 5.11 Å². The van der Waals surface area contributed by atoms with E-state index in [1.807, 2.05) is 48.6 Å². The molecule has 1 unspecified atom stereocenters. The number of aliphatic hydroxyl groups is 1. The van der Waals surface area contributed by atoms with Gasteiger partial charge in [-0.2, -0.15) is 5.01 Å². The number of hydrogen-bond acceptors (Lipinski definition) is 4. The Labute approximate surface area is 125 Å². The molecule has 0 amide bonds. The Kier molecular flexibility index (Phi) is 4.34. The standard InChI is InChI=1S/C16H22N4O/c1-18(20-10-6-3-7-11-20)16(21)19-12-15(17-13-19)14-8-4-2-5-9-14/h2,4-5,8-9,12-13,16,21H,3,6-7,10-11H2,1H3. The first-order chi connectivity index (χ1) is 10.3. The summed E-state index contributed by atoms with van der Waals surface area (Å²) in [7, 11) is 1.93. The number of rotatable bonds is 4. The zero-order chi connectivity index (χ0) is 14.7. The number of imidazole rings is 1. The van der Waals surface area contributed by atoms with Gasteiger partial charge in [-0.1, -0.05) is 36.8 Å². The average molecular weight is 286 g/mol. The molecule has 1 aliphatic rings. The maximum Gasteiger partial charge on any atom is 0.203 e. The molecule has 2 heterocycles. The fraction of sp³-hybridized carbons (Fsp3) is 0.438. The molecule has 0 spiro atoms. The quantitative estimate of drug-likeness (QED) is 0.876. The lowest BCUT2D eigenvalue weighted by Crippen LogP contribution is -2.46. The van der Waals surface area contributed by atoms with Crippen LogP contribution in [0.25, 0.3) is 11.3 Å². The number of aliphatic hydroxyl groups excluding tert-OH is 1. The first kappa shape index (κ1) is 14.3. The van der Waals surface area contributed by atoms with Gasteiger partial charge in [0.1, 0.15) is 0 Å². The molecule has 0 saturated carbocycles. The van der Waals surface area contributed by atoms with Crippen molar-refractivity contribution in [2.24, 2.45) is 0 Å². The van der Waals surface area contributed by atoms with E-state index in [4.69, 9.17) is 0 Å². The minimum Gasteiger partial charge on any atom is -0.359 e. The van der Waals surface area contributed by atoms with Gasteiger partial charge in [0, 0.05) is 31.9 Å². The van der Waals surface area contributed by atoms with E-state index in [1.165, 1.54) is 19.3 Å². The molecule has 1 saturated heterocycles. The lowest BCUT2D eigenvalue weighted by Gasteiger charge is -2.37. The van der Waals surface area contributed by atoms with Gasteiger partial charge in [-0.05, 0) is 12.8 Å². The fourth-order valence-electron chi connectivity index (χ4n) is 2.75. The first-order valence-corrected chi connectivity index (χ1v) is 7.50. The van der Waals surface area contributed by atoms with E-state index < -0.39 is 6.35 Å². The van der Waals surface area contributed by atoms with Crippen molar-refractivity contribution in [2.75, 3.05) is 20.1 Å². The van der Waals surface area contributed by atoms with Crippen LogP contribution in [0.5, 0.6) is 0 Å². The molecule has 1 aromatic carbocycles. The summed E-state index contributed by atoms with van der Waals surface area (Å²) in [6.45, 7) is 2.02. The van der Waals surface area contributed by atoms with Crippen LogP contribution in [0.15, 0.2) is 42.9 Å². The lowest BCUT2D eigenvalue weighted by molar-refractivity contribution is -0.166. The monoisotopic (exact) mass is 286 g/mol. The maximum absolute atomic E-state index is 10.5. The lowest BCUT2D eigenvalue weighted by atomic mass is 10.2. The van der Waals surface area contributed by atoms with Gasteiger partial charge in [0.2, 0.25) is 6.35 Å². The summed E-state index contributed by atoms with van der Waals surface area (Å²) in [5, 5.41) is 14.6. The molecule has 1 aliphatic heterocycles. The molecule has 0 radical (unpaired) electrons. The van der Waals surface area contributed by atoms with Crippen LogP contribution >= 0.6 is 0 Å². The number of hydrazine groups is 1. The summed E-state index contributed by atoms with van der Waals surface area (Å²) >= 11 is 0. The third-order valence-electron chi connectivity index (χ3n) is 4.05. The highest BCUT2D eigenvalue weighted by Crippen LogP contribution is 2.20. The predicted octanol–water partition coefficient (Wildman–Crippen LogP) is 2.33. The fourth-order valence-corrected chi connectivity index (χ4v) is 2.75. The van der Waals surface area contributed by atoms with Crippen LogP contribution in [0.1, 0.15) is 25.6 Å². The van der Waals surface area contributed by atoms with Crippen LogP contribution in [0.4, 0.5) is 0 Å². The Morgan fingerprint density at radius 2 is 1.86 bits per heavy atom. The number of piperidine rings is 1. The Hall–Kier alpha value is -1.69. The molecule has 5 nitrogen and oxygen atoms in total. The summed E-state index contributed by atoms with van der Waals surface area (Å²) in [6, 6.07) is 10.0. The Bertz CT molecular complexity index is 563. The minimum atomic E-state index is -0.715. The van der Waals surface area contributed by atoms with Gasteiger partial charge < -0.3 is 5.11 Å². The van der Waals surface area contributed by atoms with E-state index in [0.29, 0.717) is 0 Å². The van der Waals surface area contributed by atoms with E-state index in [2.05, 4.69) is 9.99 Å². The second-order valence-corrected chi connectivity index (χ2v) is 5.51. The van der Waals surface area contributed by atoms with E-state index >= 15 is 0 Å². The van der Waals surface area contributed by atoms with Crippen molar-refractivity contribution in [3.63, 3.8) is 0 Å². The number of benzene rings is 1. The van der Waals surface area contributed by atoms with Crippen molar-refractivity contribution in [3.8, 4) is 11.3 Å². The van der Waals surface area contributed by atoms with Gasteiger partial charge >= 0.3 is 0 Å². The van der Waals surface area contributed by atoms with Crippen LogP contribution in [0.2, 0.25) is 0 Å². The number of hydrogen-bond donors (Lipinski definition) is 1. The van der Waals surface area contributed by atoms with Gasteiger partial charge in [-0.25, -0.2) is 9.99 Å². The SMILES string of the molecule is CN(C(O)n1cnc(-c2ccccc2)c1)N1CCCCC1.